The van der Waals surface area contributed by atoms with Crippen LogP contribution in [0.2, 0.25) is 5.02 Å². The molecule has 0 heterocycles. The van der Waals surface area contributed by atoms with E-state index < -0.39 is 5.97 Å². The van der Waals surface area contributed by atoms with Crippen molar-refractivity contribution >= 4 is 23.5 Å². The van der Waals surface area contributed by atoms with E-state index in [4.69, 9.17) is 21.4 Å². The van der Waals surface area contributed by atoms with Gasteiger partial charge in [0.05, 0.1) is 19.1 Å². The first-order valence-electron chi connectivity index (χ1n) is 4.88. The normalized spacial score (nSPS) is 9.76. The molecule has 0 radical (unpaired) electrons. The summed E-state index contributed by atoms with van der Waals surface area (Å²) in [5.41, 5.74) is 0.322. The summed E-state index contributed by atoms with van der Waals surface area (Å²) >= 11 is 5.76. The fraction of sp³-hybridized carbons (Fsp3) is 0.273. The zero-order chi connectivity index (χ0) is 12.8. The number of carboxylic acid groups (broad SMARTS) is 1. The zero-order valence-corrected chi connectivity index (χ0v) is 9.95. The molecular weight excluding hydrogens is 246 g/mol. The molecule has 5 nitrogen and oxygen atoms in total. The van der Waals surface area contributed by atoms with E-state index in [-0.39, 0.29) is 18.9 Å². The summed E-state index contributed by atoms with van der Waals surface area (Å²) in [6.07, 6.45) is -0.123. The summed E-state index contributed by atoms with van der Waals surface area (Å²) in [4.78, 5) is 22.0. The third kappa shape index (κ3) is 3.96. The van der Waals surface area contributed by atoms with Crippen LogP contribution in [0.4, 0.5) is 0 Å². The molecule has 1 aromatic carbocycles. The number of benzene rings is 1. The molecule has 0 bridgehead atoms. The first kappa shape index (κ1) is 13.3. The molecule has 17 heavy (non-hydrogen) atoms. The minimum atomic E-state index is -0.964. The monoisotopic (exact) mass is 257 g/mol. The van der Waals surface area contributed by atoms with Gasteiger partial charge in [-0.3, -0.25) is 9.59 Å². The molecule has 1 amide bonds. The van der Waals surface area contributed by atoms with Crippen LogP contribution in [0.3, 0.4) is 0 Å². The first-order valence-corrected chi connectivity index (χ1v) is 5.26. The lowest BCUT2D eigenvalue weighted by Crippen LogP contribution is -2.26. The Morgan fingerprint density at radius 1 is 1.47 bits per heavy atom. The average Bonchev–Trinajstić information content (AvgIpc) is 2.28. The van der Waals surface area contributed by atoms with Gasteiger partial charge in [-0.1, -0.05) is 11.6 Å². The number of ether oxygens (including phenoxy) is 1. The molecule has 0 unspecified atom stereocenters. The molecule has 0 aliphatic carbocycles. The number of carbonyl (C=O) groups is 2. The number of aliphatic carboxylic acids is 1. The van der Waals surface area contributed by atoms with Crippen molar-refractivity contribution in [2.45, 2.75) is 6.42 Å². The number of methoxy groups -OCH3 is 1. The van der Waals surface area contributed by atoms with Crippen LogP contribution in [0.15, 0.2) is 18.2 Å². The van der Waals surface area contributed by atoms with E-state index in [1.54, 1.807) is 6.07 Å². The standard InChI is InChI=1S/C11H12ClNO4/c1-17-9-6-7(12)2-3-8(9)11(16)13-5-4-10(14)15/h2-3,6H,4-5H2,1H3,(H,13,16)(H,14,15). The number of rotatable bonds is 5. The van der Waals surface area contributed by atoms with E-state index in [9.17, 15) is 9.59 Å². The molecule has 92 valence electrons. The Hall–Kier alpha value is -1.75. The molecule has 0 saturated heterocycles. The SMILES string of the molecule is COc1cc(Cl)ccc1C(=O)NCCC(=O)O. The molecule has 0 saturated carbocycles. The van der Waals surface area contributed by atoms with E-state index in [1.807, 2.05) is 0 Å². The van der Waals surface area contributed by atoms with Gasteiger partial charge < -0.3 is 15.2 Å². The van der Waals surface area contributed by atoms with Gasteiger partial charge >= 0.3 is 5.97 Å². The highest BCUT2D eigenvalue weighted by molar-refractivity contribution is 6.30. The van der Waals surface area contributed by atoms with Gasteiger partial charge in [0.25, 0.3) is 5.91 Å². The lowest BCUT2D eigenvalue weighted by molar-refractivity contribution is -0.136. The van der Waals surface area contributed by atoms with Crippen LogP contribution < -0.4 is 10.1 Å². The maximum absolute atomic E-state index is 11.7. The van der Waals surface area contributed by atoms with E-state index in [1.165, 1.54) is 19.2 Å². The van der Waals surface area contributed by atoms with Crippen LogP contribution in [0, 0.1) is 0 Å². The summed E-state index contributed by atoms with van der Waals surface area (Å²) in [6, 6.07) is 4.61. The summed E-state index contributed by atoms with van der Waals surface area (Å²) in [5, 5.41) is 11.4. The molecule has 1 aromatic rings. The van der Waals surface area contributed by atoms with Gasteiger partial charge in [0, 0.05) is 11.6 Å². The molecule has 0 atom stereocenters. The van der Waals surface area contributed by atoms with Crippen molar-refractivity contribution < 1.29 is 19.4 Å². The van der Waals surface area contributed by atoms with Gasteiger partial charge in [-0.05, 0) is 18.2 Å². The molecule has 0 aromatic heterocycles. The largest absolute Gasteiger partial charge is 0.496 e. The van der Waals surface area contributed by atoms with Crippen LogP contribution in [0.1, 0.15) is 16.8 Å². The molecule has 1 rings (SSSR count). The van der Waals surface area contributed by atoms with Crippen molar-refractivity contribution in [2.75, 3.05) is 13.7 Å². The van der Waals surface area contributed by atoms with Gasteiger partial charge in [0.15, 0.2) is 0 Å². The Morgan fingerprint density at radius 3 is 2.76 bits per heavy atom. The molecule has 0 aliphatic heterocycles. The Kier molecular flexibility index (Phi) is 4.78. The van der Waals surface area contributed by atoms with Crippen molar-refractivity contribution in [1.29, 1.82) is 0 Å². The number of hydrogen-bond donors (Lipinski definition) is 2. The fourth-order valence-corrected chi connectivity index (χ4v) is 1.39. The van der Waals surface area contributed by atoms with Crippen LogP contribution in [-0.2, 0) is 4.79 Å². The summed E-state index contributed by atoms with van der Waals surface area (Å²) in [6.45, 7) is 0.0694. The summed E-state index contributed by atoms with van der Waals surface area (Å²) < 4.78 is 5.01. The third-order valence-electron chi connectivity index (χ3n) is 2.03. The van der Waals surface area contributed by atoms with Crippen LogP contribution in [0.25, 0.3) is 0 Å². The summed E-state index contributed by atoms with van der Waals surface area (Å²) in [5.74, 6) is -1.00. The Bertz CT molecular complexity index is 433. The lowest BCUT2D eigenvalue weighted by Gasteiger charge is -2.08. The van der Waals surface area contributed by atoms with Crippen LogP contribution >= 0.6 is 11.6 Å². The number of carbonyl (C=O) groups excluding carboxylic acids is 1. The van der Waals surface area contributed by atoms with Gasteiger partial charge in [-0.15, -0.1) is 0 Å². The minimum Gasteiger partial charge on any atom is -0.496 e. The molecular formula is C11H12ClNO4. The number of hydrogen-bond acceptors (Lipinski definition) is 3. The van der Waals surface area contributed by atoms with Crippen molar-refractivity contribution in [3.63, 3.8) is 0 Å². The number of halogens is 1. The number of amides is 1. The third-order valence-corrected chi connectivity index (χ3v) is 2.27. The van der Waals surface area contributed by atoms with Gasteiger partial charge in [0.1, 0.15) is 5.75 Å². The van der Waals surface area contributed by atoms with E-state index in [0.717, 1.165) is 0 Å². The molecule has 0 aliphatic rings. The Labute approximate surface area is 103 Å². The molecule has 0 fully saturated rings. The highest BCUT2D eigenvalue weighted by Crippen LogP contribution is 2.22. The fourth-order valence-electron chi connectivity index (χ4n) is 1.23. The highest BCUT2D eigenvalue weighted by Gasteiger charge is 2.12. The predicted molar refractivity (Wildman–Crippen MR) is 62.6 cm³/mol. The highest BCUT2D eigenvalue weighted by atomic mass is 35.5. The van der Waals surface area contributed by atoms with Crippen molar-refractivity contribution in [3.8, 4) is 5.75 Å². The topological polar surface area (TPSA) is 75.6 Å². The minimum absolute atomic E-state index is 0.0694. The Balaban J connectivity index is 2.71. The summed E-state index contributed by atoms with van der Waals surface area (Å²) in [7, 11) is 1.43. The van der Waals surface area contributed by atoms with E-state index in [0.29, 0.717) is 16.3 Å². The number of nitrogens with one attached hydrogen (secondary N) is 1. The zero-order valence-electron chi connectivity index (χ0n) is 9.20. The van der Waals surface area contributed by atoms with Crippen molar-refractivity contribution in [1.82, 2.24) is 5.32 Å². The van der Waals surface area contributed by atoms with Crippen molar-refractivity contribution in [2.24, 2.45) is 0 Å². The Morgan fingerprint density at radius 2 is 2.18 bits per heavy atom. The van der Waals surface area contributed by atoms with Crippen molar-refractivity contribution in [3.05, 3.63) is 28.8 Å². The number of carboxylic acids is 1. The second kappa shape index (κ2) is 6.10. The van der Waals surface area contributed by atoms with Crippen LogP contribution in [-0.4, -0.2) is 30.6 Å². The maximum Gasteiger partial charge on any atom is 0.305 e. The molecule has 0 spiro atoms. The maximum atomic E-state index is 11.7. The lowest BCUT2D eigenvalue weighted by atomic mass is 10.2. The molecule has 6 heteroatoms. The first-order chi connectivity index (χ1) is 8.04. The van der Waals surface area contributed by atoms with Crippen LogP contribution in [0.5, 0.6) is 5.75 Å². The predicted octanol–water partition coefficient (Wildman–Crippen LogP) is 1.55. The van der Waals surface area contributed by atoms with Gasteiger partial charge in [-0.25, -0.2) is 0 Å². The second-order valence-electron chi connectivity index (χ2n) is 3.24. The average molecular weight is 258 g/mol. The van der Waals surface area contributed by atoms with Gasteiger partial charge in [0.2, 0.25) is 0 Å². The quantitative estimate of drug-likeness (QED) is 0.839. The smallest absolute Gasteiger partial charge is 0.305 e. The van der Waals surface area contributed by atoms with Gasteiger partial charge in [-0.2, -0.15) is 0 Å². The molecule has 2 N–H and O–H groups in total. The van der Waals surface area contributed by atoms with E-state index in [2.05, 4.69) is 5.32 Å². The second-order valence-corrected chi connectivity index (χ2v) is 3.68. The van der Waals surface area contributed by atoms with E-state index >= 15 is 0 Å².